The standard InChI is InChI=1S/C20H36ClNO2/c1-2-3-7-11-18(24)12-10-15-22-16-14-19(21)20(22)13-8-5-4-6-9-17-23/h5,8,17-20,24H,2-4,6-7,9-16H2,1H3/b8-5-/t18-,19-,20+/m1/s1. The Morgan fingerprint density at radius 1 is 1.17 bits per heavy atom. The van der Waals surface area contributed by atoms with Crippen LogP contribution in [0.4, 0.5) is 0 Å². The number of nitrogens with zero attached hydrogens (tertiary/aromatic N) is 1. The van der Waals surface area contributed by atoms with E-state index in [1.807, 2.05) is 0 Å². The number of halogens is 1. The first kappa shape index (κ1) is 21.7. The fraction of sp³-hybridized carbons (Fsp3) is 0.850. The molecule has 1 aliphatic heterocycles. The van der Waals surface area contributed by atoms with Gasteiger partial charge in [-0.1, -0.05) is 38.3 Å². The van der Waals surface area contributed by atoms with E-state index < -0.39 is 0 Å². The second kappa shape index (κ2) is 13.9. The number of unbranched alkanes of at least 4 members (excludes halogenated alkanes) is 4. The number of aliphatic hydroxyl groups excluding tert-OH is 1. The van der Waals surface area contributed by atoms with E-state index in [0.29, 0.717) is 12.5 Å². The average molecular weight is 358 g/mol. The number of hydrogen-bond donors (Lipinski definition) is 1. The minimum absolute atomic E-state index is 0.137. The number of likely N-dealkylation sites (tertiary alicyclic amines) is 1. The van der Waals surface area contributed by atoms with Gasteiger partial charge in [0, 0.05) is 12.5 Å². The number of hydrogen-bond acceptors (Lipinski definition) is 3. The normalized spacial score (nSPS) is 23.1. The number of rotatable bonds is 14. The van der Waals surface area contributed by atoms with Gasteiger partial charge in [-0.3, -0.25) is 4.90 Å². The summed E-state index contributed by atoms with van der Waals surface area (Å²) in [5.41, 5.74) is 0. The molecule has 0 aromatic carbocycles. The first-order chi connectivity index (χ1) is 11.7. The Balaban J connectivity index is 2.21. The van der Waals surface area contributed by atoms with Gasteiger partial charge in [-0.2, -0.15) is 0 Å². The Labute approximate surface area is 153 Å². The number of alkyl halides is 1. The Hall–Kier alpha value is -0.380. The second-order valence-electron chi connectivity index (χ2n) is 7.00. The van der Waals surface area contributed by atoms with Crippen LogP contribution >= 0.6 is 11.6 Å². The minimum Gasteiger partial charge on any atom is -0.393 e. The molecule has 140 valence electrons. The molecule has 4 heteroatoms. The molecule has 3 nitrogen and oxygen atoms in total. The zero-order valence-electron chi connectivity index (χ0n) is 15.3. The topological polar surface area (TPSA) is 40.5 Å². The van der Waals surface area contributed by atoms with E-state index in [1.165, 1.54) is 12.8 Å². The fourth-order valence-corrected chi connectivity index (χ4v) is 3.79. The molecule has 0 amide bonds. The van der Waals surface area contributed by atoms with Gasteiger partial charge >= 0.3 is 0 Å². The molecule has 0 spiro atoms. The van der Waals surface area contributed by atoms with Gasteiger partial charge < -0.3 is 9.90 Å². The van der Waals surface area contributed by atoms with Gasteiger partial charge in [-0.15, -0.1) is 11.6 Å². The van der Waals surface area contributed by atoms with Crippen molar-refractivity contribution in [2.45, 2.75) is 95.1 Å². The van der Waals surface area contributed by atoms with Gasteiger partial charge in [0.15, 0.2) is 0 Å². The van der Waals surface area contributed by atoms with Crippen LogP contribution in [0.2, 0.25) is 0 Å². The SMILES string of the molecule is CCCCC[C@@H](O)CCCN1CC[C@@H](Cl)[C@@H]1C/C=C\CCCC=O. The molecule has 0 aromatic rings. The monoisotopic (exact) mass is 357 g/mol. The largest absolute Gasteiger partial charge is 0.393 e. The van der Waals surface area contributed by atoms with Crippen molar-refractivity contribution in [3.63, 3.8) is 0 Å². The summed E-state index contributed by atoms with van der Waals surface area (Å²) in [5, 5.41) is 10.3. The van der Waals surface area contributed by atoms with E-state index in [0.717, 1.165) is 70.7 Å². The highest BCUT2D eigenvalue weighted by molar-refractivity contribution is 6.21. The first-order valence-electron chi connectivity index (χ1n) is 9.83. The summed E-state index contributed by atoms with van der Waals surface area (Å²) in [6, 6.07) is 0.422. The lowest BCUT2D eigenvalue weighted by atomic mass is 10.1. The van der Waals surface area contributed by atoms with Crippen LogP contribution in [0, 0.1) is 0 Å². The van der Waals surface area contributed by atoms with E-state index in [1.54, 1.807) is 0 Å². The molecule has 0 radical (unpaired) electrons. The van der Waals surface area contributed by atoms with Crippen LogP contribution < -0.4 is 0 Å². The third kappa shape index (κ3) is 9.19. The molecule has 1 saturated heterocycles. The first-order valence-corrected chi connectivity index (χ1v) is 10.3. The molecule has 0 saturated carbocycles. The van der Waals surface area contributed by atoms with Crippen LogP contribution in [0.25, 0.3) is 0 Å². The molecular formula is C20H36ClNO2. The third-order valence-corrected chi connectivity index (χ3v) is 5.45. The summed E-state index contributed by atoms with van der Waals surface area (Å²) >= 11 is 6.49. The Kier molecular flexibility index (Phi) is 12.5. The van der Waals surface area contributed by atoms with E-state index in [-0.39, 0.29) is 11.5 Å². The summed E-state index contributed by atoms with van der Waals surface area (Å²) in [5.74, 6) is 0. The molecule has 0 bridgehead atoms. The number of carbonyl (C=O) groups is 1. The van der Waals surface area contributed by atoms with E-state index >= 15 is 0 Å². The van der Waals surface area contributed by atoms with E-state index in [4.69, 9.17) is 11.6 Å². The lowest BCUT2D eigenvalue weighted by Crippen LogP contribution is -2.34. The Morgan fingerprint density at radius 3 is 2.71 bits per heavy atom. The summed E-state index contributed by atoms with van der Waals surface area (Å²) in [6.45, 7) is 4.31. The van der Waals surface area contributed by atoms with Crippen molar-refractivity contribution in [2.24, 2.45) is 0 Å². The third-order valence-electron chi connectivity index (χ3n) is 4.94. The Morgan fingerprint density at radius 2 is 1.96 bits per heavy atom. The molecular weight excluding hydrogens is 322 g/mol. The quantitative estimate of drug-likeness (QED) is 0.212. The molecule has 1 fully saturated rings. The lowest BCUT2D eigenvalue weighted by Gasteiger charge is -2.25. The fourth-order valence-electron chi connectivity index (χ4n) is 3.43. The highest BCUT2D eigenvalue weighted by atomic mass is 35.5. The molecule has 0 aliphatic carbocycles. The van der Waals surface area contributed by atoms with Crippen LogP contribution in [0.3, 0.4) is 0 Å². The number of allylic oxidation sites excluding steroid dienone is 1. The summed E-state index contributed by atoms with van der Waals surface area (Å²) in [6.07, 6.45) is 16.3. The zero-order valence-corrected chi connectivity index (χ0v) is 16.1. The van der Waals surface area contributed by atoms with Gasteiger partial charge in [-0.25, -0.2) is 0 Å². The predicted octanol–water partition coefficient (Wildman–Crippen LogP) is 4.71. The van der Waals surface area contributed by atoms with Crippen LogP contribution in [0.5, 0.6) is 0 Å². The molecule has 1 aliphatic rings. The maximum absolute atomic E-state index is 10.3. The van der Waals surface area contributed by atoms with Gasteiger partial charge in [0.25, 0.3) is 0 Å². The van der Waals surface area contributed by atoms with Crippen molar-refractivity contribution in [2.75, 3.05) is 13.1 Å². The van der Waals surface area contributed by atoms with Crippen molar-refractivity contribution in [1.29, 1.82) is 0 Å². The van der Waals surface area contributed by atoms with E-state index in [9.17, 15) is 9.90 Å². The highest BCUT2D eigenvalue weighted by Gasteiger charge is 2.31. The van der Waals surface area contributed by atoms with Gasteiger partial charge in [0.05, 0.1) is 11.5 Å². The summed E-state index contributed by atoms with van der Waals surface area (Å²) < 4.78 is 0. The van der Waals surface area contributed by atoms with Crippen LogP contribution in [-0.4, -0.2) is 46.9 Å². The second-order valence-corrected chi connectivity index (χ2v) is 7.57. The van der Waals surface area contributed by atoms with Gasteiger partial charge in [0.1, 0.15) is 6.29 Å². The van der Waals surface area contributed by atoms with Crippen molar-refractivity contribution in [3.05, 3.63) is 12.2 Å². The van der Waals surface area contributed by atoms with E-state index in [2.05, 4.69) is 24.0 Å². The number of carbonyl (C=O) groups excluding carboxylic acids is 1. The molecule has 0 unspecified atom stereocenters. The molecule has 3 atom stereocenters. The van der Waals surface area contributed by atoms with Crippen molar-refractivity contribution < 1.29 is 9.90 Å². The average Bonchev–Trinajstić information content (AvgIpc) is 2.91. The smallest absolute Gasteiger partial charge is 0.120 e. The van der Waals surface area contributed by atoms with Crippen LogP contribution in [0.15, 0.2) is 12.2 Å². The van der Waals surface area contributed by atoms with Gasteiger partial charge in [-0.05, 0) is 58.0 Å². The molecule has 1 N–H and O–H groups in total. The minimum atomic E-state index is -0.137. The Bertz CT molecular complexity index is 349. The molecule has 0 aromatic heterocycles. The summed E-state index contributed by atoms with van der Waals surface area (Å²) in [7, 11) is 0. The number of aliphatic hydroxyl groups is 1. The van der Waals surface area contributed by atoms with Gasteiger partial charge in [0.2, 0.25) is 0 Å². The van der Waals surface area contributed by atoms with Crippen molar-refractivity contribution in [1.82, 2.24) is 4.90 Å². The maximum atomic E-state index is 10.3. The lowest BCUT2D eigenvalue weighted by molar-refractivity contribution is -0.107. The highest BCUT2D eigenvalue weighted by Crippen LogP contribution is 2.26. The zero-order chi connectivity index (χ0) is 17.6. The molecule has 1 heterocycles. The van der Waals surface area contributed by atoms with Crippen LogP contribution in [-0.2, 0) is 4.79 Å². The summed E-state index contributed by atoms with van der Waals surface area (Å²) in [4.78, 5) is 12.8. The van der Waals surface area contributed by atoms with Crippen molar-refractivity contribution >= 4 is 17.9 Å². The molecule has 1 rings (SSSR count). The molecule has 24 heavy (non-hydrogen) atoms. The van der Waals surface area contributed by atoms with Crippen LogP contribution in [0.1, 0.15) is 77.6 Å². The predicted molar refractivity (Wildman–Crippen MR) is 103 cm³/mol. The maximum Gasteiger partial charge on any atom is 0.120 e. The van der Waals surface area contributed by atoms with Crippen molar-refractivity contribution in [3.8, 4) is 0 Å². The number of aldehydes is 1.